The topological polar surface area (TPSA) is 72.9 Å². The molecule has 2 heterocycles. The lowest BCUT2D eigenvalue weighted by molar-refractivity contribution is -0.150. The third kappa shape index (κ3) is 3.42. The van der Waals surface area contributed by atoms with Crippen LogP contribution in [0.2, 0.25) is 0 Å². The van der Waals surface area contributed by atoms with Gasteiger partial charge in [0.1, 0.15) is 0 Å². The summed E-state index contributed by atoms with van der Waals surface area (Å²) in [7, 11) is 2.07. The van der Waals surface area contributed by atoms with Crippen LogP contribution in [-0.4, -0.2) is 66.2 Å². The fourth-order valence-electron chi connectivity index (χ4n) is 2.97. The van der Waals surface area contributed by atoms with Gasteiger partial charge in [-0.05, 0) is 46.2 Å². The summed E-state index contributed by atoms with van der Waals surface area (Å²) in [6, 6.07) is 0.173. The molecule has 1 atom stereocenters. The van der Waals surface area contributed by atoms with Crippen molar-refractivity contribution in [3.63, 3.8) is 0 Å². The maximum absolute atomic E-state index is 12.2. The molecule has 2 aliphatic heterocycles. The van der Waals surface area contributed by atoms with E-state index < -0.39 is 11.4 Å². The second kappa shape index (κ2) is 5.99. The van der Waals surface area contributed by atoms with Crippen molar-refractivity contribution in [2.75, 3.05) is 33.2 Å². The van der Waals surface area contributed by atoms with Gasteiger partial charge in [0.15, 0.2) is 0 Å². The van der Waals surface area contributed by atoms with Crippen LogP contribution in [0.25, 0.3) is 0 Å². The van der Waals surface area contributed by atoms with Gasteiger partial charge in [0.25, 0.3) is 0 Å². The molecule has 1 unspecified atom stereocenters. The molecule has 0 aromatic carbocycles. The van der Waals surface area contributed by atoms with Crippen LogP contribution in [0.4, 0.5) is 4.79 Å². The van der Waals surface area contributed by atoms with Crippen LogP contribution < -0.4 is 5.32 Å². The highest BCUT2D eigenvalue weighted by atomic mass is 16.4. The van der Waals surface area contributed by atoms with E-state index in [0.717, 1.165) is 25.9 Å². The van der Waals surface area contributed by atoms with Crippen molar-refractivity contribution in [2.45, 2.75) is 38.6 Å². The molecule has 2 fully saturated rings. The summed E-state index contributed by atoms with van der Waals surface area (Å²) in [5, 5.41) is 12.3. The van der Waals surface area contributed by atoms with Crippen LogP contribution in [0.3, 0.4) is 0 Å². The Bertz CT molecular complexity index is 378. The maximum atomic E-state index is 12.2. The Kier molecular flexibility index (Phi) is 4.52. The number of carbonyl (C=O) groups excluding carboxylic acids is 1. The number of rotatable bonds is 2. The second-order valence-electron chi connectivity index (χ2n) is 6.40. The number of nitrogens with one attached hydrogen (secondary N) is 1. The van der Waals surface area contributed by atoms with Crippen LogP contribution in [-0.2, 0) is 4.79 Å². The lowest BCUT2D eigenvalue weighted by atomic mass is 9.80. The summed E-state index contributed by atoms with van der Waals surface area (Å²) < 4.78 is 0. The van der Waals surface area contributed by atoms with E-state index in [1.54, 1.807) is 11.8 Å². The first-order chi connectivity index (χ1) is 9.40. The van der Waals surface area contributed by atoms with Crippen LogP contribution in [0.15, 0.2) is 0 Å². The average molecular weight is 283 g/mol. The molecule has 2 N–H and O–H groups in total. The Morgan fingerprint density at radius 2 is 1.90 bits per heavy atom. The molecule has 0 aromatic heterocycles. The molecule has 0 bridgehead atoms. The highest BCUT2D eigenvalue weighted by Crippen LogP contribution is 2.31. The van der Waals surface area contributed by atoms with E-state index in [4.69, 9.17) is 0 Å². The smallest absolute Gasteiger partial charge is 0.317 e. The van der Waals surface area contributed by atoms with Gasteiger partial charge in [0, 0.05) is 25.7 Å². The zero-order valence-electron chi connectivity index (χ0n) is 12.4. The average Bonchev–Trinajstić information content (AvgIpc) is 2.39. The number of urea groups is 1. The quantitative estimate of drug-likeness (QED) is 0.792. The van der Waals surface area contributed by atoms with Gasteiger partial charge in [-0.1, -0.05) is 0 Å². The Morgan fingerprint density at radius 3 is 2.45 bits per heavy atom. The lowest BCUT2D eigenvalue weighted by Gasteiger charge is -2.38. The van der Waals surface area contributed by atoms with Crippen molar-refractivity contribution in [3.05, 3.63) is 0 Å². The van der Waals surface area contributed by atoms with E-state index in [2.05, 4.69) is 17.3 Å². The van der Waals surface area contributed by atoms with E-state index in [1.165, 1.54) is 0 Å². The third-order valence-corrected chi connectivity index (χ3v) is 4.62. The summed E-state index contributed by atoms with van der Waals surface area (Å²) in [5.74, 6) is -0.758. The maximum Gasteiger partial charge on any atom is 0.317 e. The van der Waals surface area contributed by atoms with Gasteiger partial charge in [-0.25, -0.2) is 4.79 Å². The fourth-order valence-corrected chi connectivity index (χ4v) is 2.97. The molecular weight excluding hydrogens is 258 g/mol. The number of amides is 2. The lowest BCUT2D eigenvalue weighted by Crippen LogP contribution is -2.53. The fraction of sp³-hybridized carbons (Fsp3) is 0.857. The molecule has 0 spiro atoms. The summed E-state index contributed by atoms with van der Waals surface area (Å²) in [6.45, 7) is 4.80. The molecule has 6 heteroatoms. The Hall–Kier alpha value is -1.30. The Morgan fingerprint density at radius 1 is 1.25 bits per heavy atom. The highest BCUT2D eigenvalue weighted by Gasteiger charge is 2.38. The van der Waals surface area contributed by atoms with Crippen LogP contribution in [0.5, 0.6) is 0 Å². The molecule has 0 aliphatic carbocycles. The summed E-state index contributed by atoms with van der Waals surface area (Å²) >= 11 is 0. The number of nitrogens with zero attached hydrogens (tertiary/aromatic N) is 2. The molecule has 2 rings (SSSR count). The summed E-state index contributed by atoms with van der Waals surface area (Å²) in [5.41, 5.74) is -0.679. The molecule has 2 aliphatic rings. The van der Waals surface area contributed by atoms with Crippen molar-refractivity contribution in [1.29, 1.82) is 0 Å². The predicted molar refractivity (Wildman–Crippen MR) is 75.6 cm³/mol. The van der Waals surface area contributed by atoms with E-state index in [-0.39, 0.29) is 12.1 Å². The third-order valence-electron chi connectivity index (χ3n) is 4.62. The summed E-state index contributed by atoms with van der Waals surface area (Å²) in [6.07, 6.45) is 3.19. The second-order valence-corrected chi connectivity index (χ2v) is 6.40. The number of aliphatic carboxylic acids is 1. The van der Waals surface area contributed by atoms with Gasteiger partial charge in [0.2, 0.25) is 0 Å². The van der Waals surface area contributed by atoms with E-state index in [9.17, 15) is 14.7 Å². The number of carboxylic acids is 1. The predicted octanol–water partition coefficient (Wildman–Crippen LogP) is 0.977. The number of piperidine rings is 2. The minimum atomic E-state index is -0.758. The SMILES string of the molecule is CN1CCCC(NC(=O)N2CCC(C)(C(=O)O)CC2)C1. The van der Waals surface area contributed by atoms with Gasteiger partial charge < -0.3 is 20.2 Å². The van der Waals surface area contributed by atoms with Crippen molar-refractivity contribution in [1.82, 2.24) is 15.1 Å². The summed E-state index contributed by atoms with van der Waals surface area (Å²) in [4.78, 5) is 27.4. The zero-order valence-corrected chi connectivity index (χ0v) is 12.4. The van der Waals surface area contributed by atoms with Gasteiger partial charge in [-0.2, -0.15) is 0 Å². The van der Waals surface area contributed by atoms with Crippen LogP contribution in [0.1, 0.15) is 32.6 Å². The number of carboxylic acid groups (broad SMARTS) is 1. The number of likely N-dealkylation sites (N-methyl/N-ethyl adjacent to an activating group) is 1. The standard InChI is InChI=1S/C14H25N3O3/c1-14(12(18)19)5-8-17(9-6-14)13(20)15-11-4-3-7-16(2)10-11/h11H,3-10H2,1-2H3,(H,15,20)(H,18,19). The van der Waals surface area contributed by atoms with E-state index >= 15 is 0 Å². The molecule has 2 saturated heterocycles. The molecule has 0 aromatic rings. The van der Waals surface area contributed by atoms with Crippen LogP contribution >= 0.6 is 0 Å². The minimum absolute atomic E-state index is 0.0438. The molecule has 0 saturated carbocycles. The number of hydrogen-bond acceptors (Lipinski definition) is 3. The first-order valence-corrected chi connectivity index (χ1v) is 7.38. The Balaban J connectivity index is 1.81. The molecule has 20 heavy (non-hydrogen) atoms. The van der Waals surface area contributed by atoms with Gasteiger partial charge in [-0.3, -0.25) is 4.79 Å². The normalized spacial score (nSPS) is 27.1. The monoisotopic (exact) mass is 283 g/mol. The van der Waals surface area contributed by atoms with Crippen molar-refractivity contribution < 1.29 is 14.7 Å². The molecule has 2 amide bonds. The van der Waals surface area contributed by atoms with Gasteiger partial charge >= 0.3 is 12.0 Å². The minimum Gasteiger partial charge on any atom is -0.481 e. The number of likely N-dealkylation sites (tertiary alicyclic amines) is 2. The van der Waals surface area contributed by atoms with E-state index in [1.807, 2.05) is 0 Å². The van der Waals surface area contributed by atoms with Crippen molar-refractivity contribution in [2.24, 2.45) is 5.41 Å². The van der Waals surface area contributed by atoms with Gasteiger partial charge in [0.05, 0.1) is 5.41 Å². The van der Waals surface area contributed by atoms with Gasteiger partial charge in [-0.15, -0.1) is 0 Å². The molecule has 6 nitrogen and oxygen atoms in total. The van der Waals surface area contributed by atoms with Crippen molar-refractivity contribution in [3.8, 4) is 0 Å². The largest absolute Gasteiger partial charge is 0.481 e. The molecule has 0 radical (unpaired) electrons. The first kappa shape index (κ1) is 15.1. The highest BCUT2D eigenvalue weighted by molar-refractivity contribution is 5.77. The van der Waals surface area contributed by atoms with Crippen LogP contribution in [0, 0.1) is 5.41 Å². The van der Waals surface area contributed by atoms with Crippen molar-refractivity contribution >= 4 is 12.0 Å². The van der Waals surface area contributed by atoms with E-state index in [0.29, 0.717) is 25.9 Å². The zero-order chi connectivity index (χ0) is 14.8. The number of carbonyl (C=O) groups is 2. The molecular formula is C14H25N3O3. The molecule has 114 valence electrons. The Labute approximate surface area is 120 Å². The number of hydrogen-bond donors (Lipinski definition) is 2. The first-order valence-electron chi connectivity index (χ1n) is 7.38.